The zero-order valence-corrected chi connectivity index (χ0v) is 21.9. The monoisotopic (exact) mass is 506 g/mol. The summed E-state index contributed by atoms with van der Waals surface area (Å²) in [4.78, 5) is 13.4. The third-order valence-corrected chi connectivity index (χ3v) is 7.78. The summed E-state index contributed by atoms with van der Waals surface area (Å²) in [5.41, 5.74) is 0.852. The van der Waals surface area contributed by atoms with E-state index in [9.17, 15) is 20.1 Å². The van der Waals surface area contributed by atoms with E-state index in [2.05, 4.69) is 0 Å². The van der Waals surface area contributed by atoms with Gasteiger partial charge in [-0.1, -0.05) is 62.8 Å². The summed E-state index contributed by atoms with van der Waals surface area (Å²) >= 11 is 0. The summed E-state index contributed by atoms with van der Waals surface area (Å²) in [5.74, 6) is -4.58. The lowest BCUT2D eigenvalue weighted by Crippen LogP contribution is -2.66. The van der Waals surface area contributed by atoms with Crippen LogP contribution in [-0.2, 0) is 23.7 Å². The Labute approximate surface area is 214 Å². The molecule has 8 heteroatoms. The highest BCUT2D eigenvalue weighted by Gasteiger charge is 2.58. The first-order chi connectivity index (χ1) is 17.1. The van der Waals surface area contributed by atoms with Crippen LogP contribution in [0.4, 0.5) is 0 Å². The third-order valence-electron chi connectivity index (χ3n) is 7.78. The average Bonchev–Trinajstić information content (AvgIpc) is 2.88. The molecule has 2 aliphatic heterocycles. The minimum absolute atomic E-state index is 0.292. The van der Waals surface area contributed by atoms with Crippen LogP contribution >= 0.6 is 0 Å². The van der Waals surface area contributed by atoms with E-state index in [1.165, 1.54) is 14.0 Å². The molecule has 0 saturated carbocycles. The van der Waals surface area contributed by atoms with E-state index in [1.807, 2.05) is 44.2 Å². The average molecular weight is 507 g/mol. The largest absolute Gasteiger partial charge is 0.457 e. The topological polar surface area (TPSA) is 115 Å². The minimum atomic E-state index is -2.11. The van der Waals surface area contributed by atoms with Crippen molar-refractivity contribution in [3.8, 4) is 0 Å². The molecule has 2 aliphatic rings. The maximum Gasteiger partial charge on any atom is 0.314 e. The second-order valence-corrected chi connectivity index (χ2v) is 10.2. The zero-order valence-electron chi connectivity index (χ0n) is 21.9. The number of carbonyl (C=O) groups is 1. The molecule has 36 heavy (non-hydrogen) atoms. The highest BCUT2D eigenvalue weighted by atomic mass is 16.7. The van der Waals surface area contributed by atoms with Crippen molar-refractivity contribution in [3.05, 3.63) is 48.0 Å². The Morgan fingerprint density at radius 1 is 0.972 bits per heavy atom. The van der Waals surface area contributed by atoms with Gasteiger partial charge in [0.05, 0.1) is 24.4 Å². The number of fused-ring (bicyclic) bond motifs is 2. The van der Waals surface area contributed by atoms with Crippen molar-refractivity contribution in [2.75, 3.05) is 14.2 Å². The van der Waals surface area contributed by atoms with Gasteiger partial charge in [0, 0.05) is 26.1 Å². The lowest BCUT2D eigenvalue weighted by Gasteiger charge is -2.51. The van der Waals surface area contributed by atoms with Gasteiger partial charge in [0.25, 0.3) is 0 Å². The second kappa shape index (κ2) is 12.6. The minimum Gasteiger partial charge on any atom is -0.457 e. The molecule has 1 fully saturated rings. The quantitative estimate of drug-likeness (QED) is 0.423. The van der Waals surface area contributed by atoms with Gasteiger partial charge in [-0.05, 0) is 31.7 Å². The Morgan fingerprint density at radius 3 is 2.28 bits per heavy atom. The fourth-order valence-corrected chi connectivity index (χ4v) is 5.35. The summed E-state index contributed by atoms with van der Waals surface area (Å²) in [6.07, 6.45) is 1.60. The van der Waals surface area contributed by atoms with Crippen LogP contribution in [0.15, 0.2) is 42.5 Å². The molecule has 10 unspecified atom stereocenters. The van der Waals surface area contributed by atoms with Crippen LogP contribution in [0.2, 0.25) is 0 Å². The summed E-state index contributed by atoms with van der Waals surface area (Å²) in [5, 5.41) is 33.5. The molecule has 3 N–H and O–H groups in total. The predicted octanol–water partition coefficient (Wildman–Crippen LogP) is 3.15. The van der Waals surface area contributed by atoms with Crippen LogP contribution in [-0.4, -0.2) is 71.8 Å². The van der Waals surface area contributed by atoms with Gasteiger partial charge in [-0.3, -0.25) is 4.79 Å². The number of rotatable bonds is 3. The summed E-state index contributed by atoms with van der Waals surface area (Å²) in [6, 6.07) is 9.48. The number of benzene rings is 1. The van der Waals surface area contributed by atoms with Crippen molar-refractivity contribution in [2.24, 2.45) is 17.8 Å². The summed E-state index contributed by atoms with van der Waals surface area (Å²) in [7, 11) is 2.95. The van der Waals surface area contributed by atoms with Crippen molar-refractivity contribution in [3.63, 3.8) is 0 Å². The van der Waals surface area contributed by atoms with Crippen molar-refractivity contribution in [2.45, 2.75) is 88.9 Å². The van der Waals surface area contributed by atoms with Gasteiger partial charge in [-0.15, -0.1) is 0 Å². The summed E-state index contributed by atoms with van der Waals surface area (Å²) in [6.45, 7) is 5.23. The van der Waals surface area contributed by atoms with Gasteiger partial charge in [0.15, 0.2) is 0 Å². The van der Waals surface area contributed by atoms with Gasteiger partial charge in [-0.25, -0.2) is 0 Å². The van der Waals surface area contributed by atoms with Crippen LogP contribution in [0.25, 0.3) is 0 Å². The first-order valence-corrected chi connectivity index (χ1v) is 12.9. The number of hydrogen-bond acceptors (Lipinski definition) is 8. The summed E-state index contributed by atoms with van der Waals surface area (Å²) < 4.78 is 23.1. The molecule has 1 aromatic carbocycles. The van der Waals surface area contributed by atoms with Crippen molar-refractivity contribution < 1.29 is 39.1 Å². The van der Waals surface area contributed by atoms with Crippen LogP contribution in [0, 0.1) is 17.8 Å². The smallest absolute Gasteiger partial charge is 0.314 e. The molecule has 2 bridgehead atoms. The zero-order chi connectivity index (χ0) is 26.5. The first-order valence-electron chi connectivity index (χ1n) is 12.9. The fraction of sp³-hybridized carbons (Fsp3) is 0.679. The number of carbonyl (C=O) groups excluding carboxylic acids is 1. The Kier molecular flexibility index (Phi) is 10.1. The maximum atomic E-state index is 13.4. The molecule has 0 aromatic heterocycles. The molecule has 8 nitrogen and oxygen atoms in total. The number of aliphatic hydroxyl groups excluding tert-OH is 2. The van der Waals surface area contributed by atoms with Crippen LogP contribution < -0.4 is 0 Å². The number of aliphatic hydroxyl groups is 3. The van der Waals surface area contributed by atoms with Gasteiger partial charge in [0.2, 0.25) is 5.79 Å². The Balaban J connectivity index is 1.99. The highest BCUT2D eigenvalue weighted by Crippen LogP contribution is 2.41. The molecule has 10 atom stereocenters. The van der Waals surface area contributed by atoms with Gasteiger partial charge >= 0.3 is 5.97 Å². The van der Waals surface area contributed by atoms with Crippen LogP contribution in [0.1, 0.15) is 58.1 Å². The van der Waals surface area contributed by atoms with Gasteiger partial charge in [-0.2, -0.15) is 0 Å². The fourth-order valence-electron chi connectivity index (χ4n) is 5.35. The Hall–Kier alpha value is -1.81. The van der Waals surface area contributed by atoms with Crippen molar-refractivity contribution in [1.82, 2.24) is 0 Å². The lowest BCUT2D eigenvalue weighted by atomic mass is 9.78. The van der Waals surface area contributed by atoms with E-state index in [0.717, 1.165) is 18.4 Å². The molecule has 3 rings (SSSR count). The van der Waals surface area contributed by atoms with Gasteiger partial charge in [0.1, 0.15) is 18.1 Å². The van der Waals surface area contributed by atoms with E-state index < -0.39 is 54.1 Å². The van der Waals surface area contributed by atoms with Gasteiger partial charge < -0.3 is 34.3 Å². The molecule has 202 valence electrons. The Morgan fingerprint density at radius 2 is 1.64 bits per heavy atom. The lowest BCUT2D eigenvalue weighted by molar-refractivity contribution is -0.360. The van der Waals surface area contributed by atoms with Crippen LogP contribution in [0.5, 0.6) is 0 Å². The molecule has 0 radical (unpaired) electrons. The molecule has 1 aromatic rings. The second-order valence-electron chi connectivity index (χ2n) is 10.2. The van der Waals surface area contributed by atoms with E-state index in [1.54, 1.807) is 19.3 Å². The number of ether oxygens (including phenoxy) is 4. The Bertz CT molecular complexity index is 860. The molecule has 0 aliphatic carbocycles. The molecule has 0 amide bonds. The van der Waals surface area contributed by atoms with E-state index in [4.69, 9.17) is 18.9 Å². The molecular formula is C28H42O8. The number of esters is 1. The third kappa shape index (κ3) is 6.18. The van der Waals surface area contributed by atoms with E-state index in [0.29, 0.717) is 12.8 Å². The predicted molar refractivity (Wildman–Crippen MR) is 134 cm³/mol. The standard InChI is InChI=1S/C28H42O8/c1-17-15-16-21(29)23(33-4)14-10-9-13-22(20-11-7-6-8-12-20)35-27(31)19(3)28(32)26(34-5)24(30)18(2)25(17)36-28/h6-8,11-12,15-19,21-26,29-30,32H,9-10,13-14H2,1-5H3/b16-15+. The van der Waals surface area contributed by atoms with E-state index >= 15 is 0 Å². The number of cyclic esters (lactones) is 1. The maximum absolute atomic E-state index is 13.4. The van der Waals surface area contributed by atoms with E-state index in [-0.39, 0.29) is 12.0 Å². The van der Waals surface area contributed by atoms with Crippen LogP contribution in [0.3, 0.4) is 0 Å². The number of methoxy groups -OCH3 is 2. The molecular weight excluding hydrogens is 464 g/mol. The SMILES string of the molecule is COC1CCCCC(c2ccccc2)OC(=O)C(C)C2(O)OC(C(C)/C=C/C1O)C(C)C(O)C2OC. The molecule has 0 spiro atoms. The number of hydrogen-bond donors (Lipinski definition) is 3. The van der Waals surface area contributed by atoms with Crippen molar-refractivity contribution >= 4 is 5.97 Å². The normalized spacial score (nSPS) is 41.9. The first kappa shape index (κ1) is 28.8. The highest BCUT2D eigenvalue weighted by molar-refractivity contribution is 5.73. The van der Waals surface area contributed by atoms with Crippen molar-refractivity contribution in [1.29, 1.82) is 0 Å². The molecule has 1 saturated heterocycles. The molecule has 2 heterocycles.